The van der Waals surface area contributed by atoms with Crippen molar-refractivity contribution in [1.82, 2.24) is 24.5 Å². The summed E-state index contributed by atoms with van der Waals surface area (Å²) in [5.41, 5.74) is 0.107. The van der Waals surface area contributed by atoms with Crippen LogP contribution in [0.5, 0.6) is 11.5 Å². The first-order chi connectivity index (χ1) is 15.9. The average Bonchev–Trinajstić information content (AvgIpc) is 3.18. The molecular formula is C21H18F2N6O4. The monoisotopic (exact) mass is 456 g/mol. The van der Waals surface area contributed by atoms with E-state index in [4.69, 9.17) is 9.47 Å². The molecule has 4 aromatic rings. The molecule has 1 amide bonds. The smallest absolute Gasteiger partial charge is 0.283 e. The van der Waals surface area contributed by atoms with Gasteiger partial charge in [-0.25, -0.2) is 18.4 Å². The number of fused-ring (bicyclic) bond motifs is 1. The average molecular weight is 456 g/mol. The van der Waals surface area contributed by atoms with E-state index >= 15 is 0 Å². The third-order valence-corrected chi connectivity index (χ3v) is 4.74. The summed E-state index contributed by atoms with van der Waals surface area (Å²) in [5.74, 6) is -1.04. The van der Waals surface area contributed by atoms with Gasteiger partial charge < -0.3 is 14.8 Å². The van der Waals surface area contributed by atoms with Gasteiger partial charge in [-0.15, -0.1) is 5.10 Å². The number of nitrogens with one attached hydrogen (secondary N) is 1. The molecule has 0 unspecified atom stereocenters. The maximum absolute atomic E-state index is 13.4. The number of hydrogen-bond acceptors (Lipinski definition) is 7. The number of hydrogen-bond donors (Lipinski definition) is 1. The SMILES string of the molecule is COc1ccc(OC)c(NC(=O)Cn2cnc3c(nnn3Cc3cc(F)cc(F)c3)c2=O)c1. The number of anilines is 1. The normalized spacial score (nSPS) is 10.9. The lowest BCUT2D eigenvalue weighted by Crippen LogP contribution is -2.28. The van der Waals surface area contributed by atoms with Crippen molar-refractivity contribution in [2.75, 3.05) is 19.5 Å². The molecule has 12 heteroatoms. The molecule has 0 bridgehead atoms. The molecule has 0 fully saturated rings. The molecule has 2 aromatic carbocycles. The molecule has 2 heterocycles. The summed E-state index contributed by atoms with van der Waals surface area (Å²) < 4.78 is 39.6. The van der Waals surface area contributed by atoms with Gasteiger partial charge in [0.1, 0.15) is 36.0 Å². The third-order valence-electron chi connectivity index (χ3n) is 4.74. The van der Waals surface area contributed by atoms with Crippen molar-refractivity contribution in [3.63, 3.8) is 0 Å². The predicted octanol–water partition coefficient (Wildman–Crippen LogP) is 1.97. The summed E-state index contributed by atoms with van der Waals surface area (Å²) in [7, 11) is 2.95. The van der Waals surface area contributed by atoms with Gasteiger partial charge in [-0.1, -0.05) is 5.21 Å². The fourth-order valence-electron chi connectivity index (χ4n) is 3.24. The number of carbonyl (C=O) groups excluding carboxylic acids is 1. The van der Waals surface area contributed by atoms with Crippen LogP contribution in [-0.2, 0) is 17.9 Å². The minimum absolute atomic E-state index is 0.0439. The van der Waals surface area contributed by atoms with E-state index in [1.165, 1.54) is 25.2 Å². The van der Waals surface area contributed by atoms with Gasteiger partial charge in [-0.2, -0.15) is 0 Å². The molecule has 0 saturated carbocycles. The number of nitrogens with zero attached hydrogens (tertiary/aromatic N) is 5. The standard InChI is InChI=1S/C21H18F2N6O4/c1-32-15-3-4-17(33-2)16(8-15)25-18(30)10-28-11-24-20-19(21(28)31)26-27-29(20)9-12-5-13(22)7-14(23)6-12/h3-8,11H,9-10H2,1-2H3,(H,25,30). The van der Waals surface area contributed by atoms with Gasteiger partial charge in [0.2, 0.25) is 5.91 Å². The highest BCUT2D eigenvalue weighted by Gasteiger charge is 2.16. The third kappa shape index (κ3) is 4.63. The lowest BCUT2D eigenvalue weighted by Gasteiger charge is -2.12. The molecule has 0 aliphatic carbocycles. The number of ether oxygens (including phenoxy) is 2. The maximum atomic E-state index is 13.4. The molecule has 170 valence electrons. The van der Waals surface area contributed by atoms with Gasteiger partial charge in [-0.05, 0) is 29.8 Å². The summed E-state index contributed by atoms with van der Waals surface area (Å²) in [4.78, 5) is 29.5. The molecule has 4 rings (SSSR count). The zero-order chi connectivity index (χ0) is 23.5. The molecule has 0 aliphatic rings. The predicted molar refractivity (Wildman–Crippen MR) is 113 cm³/mol. The van der Waals surface area contributed by atoms with Crippen LogP contribution in [-0.4, -0.2) is 44.7 Å². The molecule has 0 aliphatic heterocycles. The maximum Gasteiger partial charge on any atom is 0.283 e. The number of rotatable bonds is 7. The van der Waals surface area contributed by atoms with E-state index in [0.29, 0.717) is 17.2 Å². The van der Waals surface area contributed by atoms with E-state index < -0.39 is 23.1 Å². The minimum Gasteiger partial charge on any atom is -0.497 e. The minimum atomic E-state index is -0.733. The summed E-state index contributed by atoms with van der Waals surface area (Å²) in [6.45, 7) is -0.387. The molecule has 0 radical (unpaired) electrons. The highest BCUT2D eigenvalue weighted by molar-refractivity contribution is 5.92. The molecular weight excluding hydrogens is 438 g/mol. The zero-order valence-electron chi connectivity index (χ0n) is 17.6. The van der Waals surface area contributed by atoms with Crippen molar-refractivity contribution in [2.24, 2.45) is 0 Å². The van der Waals surface area contributed by atoms with Gasteiger partial charge in [0.15, 0.2) is 11.2 Å². The van der Waals surface area contributed by atoms with Crippen LogP contribution in [0, 0.1) is 11.6 Å². The number of amides is 1. The van der Waals surface area contributed by atoms with Crippen molar-refractivity contribution < 1.29 is 23.0 Å². The Morgan fingerprint density at radius 1 is 1.09 bits per heavy atom. The Morgan fingerprint density at radius 2 is 1.85 bits per heavy atom. The first kappa shape index (κ1) is 21.9. The second-order valence-electron chi connectivity index (χ2n) is 6.99. The lowest BCUT2D eigenvalue weighted by atomic mass is 10.2. The van der Waals surface area contributed by atoms with E-state index in [9.17, 15) is 18.4 Å². The van der Waals surface area contributed by atoms with Crippen LogP contribution in [0.1, 0.15) is 5.56 Å². The highest BCUT2D eigenvalue weighted by atomic mass is 19.1. The summed E-state index contributed by atoms with van der Waals surface area (Å²) in [6, 6.07) is 7.95. The van der Waals surface area contributed by atoms with Crippen LogP contribution in [0.15, 0.2) is 47.5 Å². The molecule has 0 atom stereocenters. The van der Waals surface area contributed by atoms with Crippen LogP contribution < -0.4 is 20.3 Å². The molecule has 33 heavy (non-hydrogen) atoms. The quantitative estimate of drug-likeness (QED) is 0.452. The Bertz CT molecular complexity index is 1380. The highest BCUT2D eigenvalue weighted by Crippen LogP contribution is 2.28. The van der Waals surface area contributed by atoms with Crippen LogP contribution >= 0.6 is 0 Å². The van der Waals surface area contributed by atoms with Crippen molar-refractivity contribution in [3.8, 4) is 11.5 Å². The van der Waals surface area contributed by atoms with Crippen LogP contribution in [0.25, 0.3) is 11.2 Å². The van der Waals surface area contributed by atoms with Gasteiger partial charge in [0.05, 0.1) is 26.5 Å². The Morgan fingerprint density at radius 3 is 2.55 bits per heavy atom. The molecule has 0 spiro atoms. The van der Waals surface area contributed by atoms with E-state index in [2.05, 4.69) is 20.6 Å². The van der Waals surface area contributed by atoms with Gasteiger partial charge >= 0.3 is 0 Å². The summed E-state index contributed by atoms with van der Waals surface area (Å²) in [6.07, 6.45) is 1.18. The van der Waals surface area contributed by atoms with E-state index in [0.717, 1.165) is 22.8 Å². The fraction of sp³-hybridized carbons (Fsp3) is 0.190. The molecule has 2 aromatic heterocycles. The van der Waals surface area contributed by atoms with Crippen LogP contribution in [0.3, 0.4) is 0 Å². The van der Waals surface area contributed by atoms with E-state index in [1.54, 1.807) is 18.2 Å². The van der Waals surface area contributed by atoms with Crippen molar-refractivity contribution in [1.29, 1.82) is 0 Å². The summed E-state index contributed by atoms with van der Waals surface area (Å²) in [5, 5.41) is 10.3. The Kier molecular flexibility index (Phi) is 5.98. The summed E-state index contributed by atoms with van der Waals surface area (Å²) >= 11 is 0. The Labute approximate surface area is 185 Å². The fourth-order valence-corrected chi connectivity index (χ4v) is 3.24. The van der Waals surface area contributed by atoms with Crippen LogP contribution in [0.4, 0.5) is 14.5 Å². The van der Waals surface area contributed by atoms with E-state index in [1.807, 2.05) is 0 Å². The topological polar surface area (TPSA) is 113 Å². The van der Waals surface area contributed by atoms with Crippen molar-refractivity contribution in [2.45, 2.75) is 13.1 Å². The number of benzene rings is 2. The van der Waals surface area contributed by atoms with Gasteiger partial charge in [0, 0.05) is 12.1 Å². The molecule has 10 nitrogen and oxygen atoms in total. The number of carbonyl (C=O) groups is 1. The second kappa shape index (κ2) is 9.02. The first-order valence-electron chi connectivity index (χ1n) is 9.63. The molecule has 0 saturated heterocycles. The Hall–Kier alpha value is -4.35. The van der Waals surface area contributed by atoms with Gasteiger partial charge in [0.25, 0.3) is 5.56 Å². The van der Waals surface area contributed by atoms with Crippen molar-refractivity contribution in [3.05, 3.63) is 70.3 Å². The van der Waals surface area contributed by atoms with E-state index in [-0.39, 0.29) is 29.8 Å². The zero-order valence-corrected chi connectivity index (χ0v) is 17.6. The first-order valence-corrected chi connectivity index (χ1v) is 9.63. The second-order valence-corrected chi connectivity index (χ2v) is 6.99. The van der Waals surface area contributed by atoms with Crippen LogP contribution in [0.2, 0.25) is 0 Å². The van der Waals surface area contributed by atoms with Crippen molar-refractivity contribution >= 4 is 22.8 Å². The largest absolute Gasteiger partial charge is 0.497 e. The number of aromatic nitrogens is 5. The molecule has 1 N–H and O–H groups in total. The number of methoxy groups -OCH3 is 2. The Balaban J connectivity index is 1.56. The number of halogens is 2. The van der Waals surface area contributed by atoms with Gasteiger partial charge in [-0.3, -0.25) is 14.2 Å². The lowest BCUT2D eigenvalue weighted by molar-refractivity contribution is -0.116.